The highest BCUT2D eigenvalue weighted by Gasteiger charge is 2.39. The third-order valence-corrected chi connectivity index (χ3v) is 13.2. The number of ether oxygens (including phenoxy) is 4. The molecular weight excluding hydrogens is 729 g/mol. The van der Waals surface area contributed by atoms with Crippen LogP contribution in [0.3, 0.4) is 0 Å². The second-order valence-corrected chi connectivity index (χ2v) is 18.1. The number of hydrogen-bond donors (Lipinski definition) is 2. The van der Waals surface area contributed by atoms with E-state index < -0.39 is 12.1 Å². The van der Waals surface area contributed by atoms with E-state index in [1.165, 1.54) is 148 Å². The Hall–Kier alpha value is -2.29. The van der Waals surface area contributed by atoms with E-state index in [9.17, 15) is 14.4 Å². The molecule has 0 aromatic rings. The smallest absolute Gasteiger partial charge is 0.407 e. The first-order valence-electron chi connectivity index (χ1n) is 24.5. The number of nitrogens with one attached hydrogen (secondary N) is 2. The van der Waals surface area contributed by atoms with Crippen LogP contribution < -0.4 is 10.6 Å². The Kier molecular flexibility index (Phi) is 29.9. The van der Waals surface area contributed by atoms with Crippen LogP contribution >= 0.6 is 0 Å². The third kappa shape index (κ3) is 23.5. The van der Waals surface area contributed by atoms with Crippen LogP contribution in [0.2, 0.25) is 0 Å². The van der Waals surface area contributed by atoms with Crippen LogP contribution in [-0.4, -0.2) is 64.3 Å². The second kappa shape index (κ2) is 33.4. The van der Waals surface area contributed by atoms with Gasteiger partial charge in [-0.15, -0.1) is 0 Å². The molecule has 9 nitrogen and oxygen atoms in total. The Morgan fingerprint density at radius 1 is 0.569 bits per heavy atom. The molecule has 0 spiro atoms. The molecule has 0 radical (unpaired) electrons. The number of esters is 1. The van der Waals surface area contributed by atoms with Gasteiger partial charge in [0.05, 0.1) is 18.6 Å². The minimum atomic E-state index is -0.470. The van der Waals surface area contributed by atoms with E-state index in [1.807, 2.05) is 0 Å². The van der Waals surface area contributed by atoms with Gasteiger partial charge in [-0.2, -0.15) is 0 Å². The van der Waals surface area contributed by atoms with Gasteiger partial charge in [0.15, 0.2) is 0 Å². The van der Waals surface area contributed by atoms with Gasteiger partial charge in [0.25, 0.3) is 0 Å². The van der Waals surface area contributed by atoms with Crippen molar-refractivity contribution < 1.29 is 33.3 Å². The maximum atomic E-state index is 12.2. The summed E-state index contributed by atoms with van der Waals surface area (Å²) >= 11 is 0. The lowest BCUT2D eigenvalue weighted by Gasteiger charge is -2.44. The summed E-state index contributed by atoms with van der Waals surface area (Å²) in [5.41, 5.74) is 0.365. The molecule has 2 rings (SSSR count). The molecule has 1 saturated heterocycles. The largest absolute Gasteiger partial charge is 0.459 e. The normalized spacial score (nSPS) is 19.9. The Morgan fingerprint density at radius 2 is 0.983 bits per heavy atom. The Balaban J connectivity index is 1.77. The first-order chi connectivity index (χ1) is 28.2. The number of rotatable bonds is 36. The van der Waals surface area contributed by atoms with Gasteiger partial charge in [-0.05, 0) is 75.5 Å². The molecule has 1 aliphatic heterocycles. The molecule has 4 atom stereocenters. The molecule has 1 heterocycles. The molecule has 2 amide bonds. The Labute approximate surface area is 356 Å². The van der Waals surface area contributed by atoms with Gasteiger partial charge in [0.2, 0.25) is 0 Å². The average Bonchev–Trinajstić information content (AvgIpc) is 3.20. The lowest BCUT2D eigenvalue weighted by molar-refractivity contribution is -0.139. The summed E-state index contributed by atoms with van der Waals surface area (Å²) in [6, 6.07) is 0. The first kappa shape index (κ1) is 51.8. The average molecular weight is 819 g/mol. The zero-order valence-corrected chi connectivity index (χ0v) is 38.1. The molecule has 1 aliphatic carbocycles. The first-order valence-corrected chi connectivity index (χ1v) is 24.5. The molecule has 58 heavy (non-hydrogen) atoms. The fourth-order valence-electron chi connectivity index (χ4n) is 9.31. The third-order valence-electron chi connectivity index (χ3n) is 13.2. The van der Waals surface area contributed by atoms with Crippen LogP contribution in [0.25, 0.3) is 0 Å². The lowest BCUT2D eigenvalue weighted by Crippen LogP contribution is -2.46. The van der Waals surface area contributed by atoms with Crippen molar-refractivity contribution in [2.75, 3.05) is 46.1 Å². The molecular formula is C49H90N2O7. The summed E-state index contributed by atoms with van der Waals surface area (Å²) in [6.45, 7) is 15.1. The number of carbonyl (C=O) groups is 3. The Morgan fingerprint density at radius 3 is 1.43 bits per heavy atom. The topological polar surface area (TPSA) is 112 Å². The van der Waals surface area contributed by atoms with Crippen molar-refractivity contribution in [3.05, 3.63) is 12.2 Å². The van der Waals surface area contributed by atoms with Crippen LogP contribution in [-0.2, 0) is 23.7 Å². The minimum Gasteiger partial charge on any atom is -0.459 e. The van der Waals surface area contributed by atoms with Gasteiger partial charge in [0.1, 0.15) is 19.8 Å². The maximum Gasteiger partial charge on any atom is 0.407 e. The highest BCUT2D eigenvalue weighted by atomic mass is 16.6. The second-order valence-electron chi connectivity index (χ2n) is 18.1. The van der Waals surface area contributed by atoms with Gasteiger partial charge in [0, 0.05) is 18.7 Å². The summed E-state index contributed by atoms with van der Waals surface area (Å²) in [5.74, 6) is 3.13. The zero-order valence-electron chi connectivity index (χ0n) is 38.1. The molecule has 0 aromatic carbocycles. The van der Waals surface area contributed by atoms with Crippen LogP contribution in [0.15, 0.2) is 12.2 Å². The van der Waals surface area contributed by atoms with E-state index in [0.29, 0.717) is 38.5 Å². The lowest BCUT2D eigenvalue weighted by atomic mass is 9.61. The van der Waals surface area contributed by atoms with Gasteiger partial charge in [-0.3, -0.25) is 0 Å². The predicted octanol–water partition coefficient (Wildman–Crippen LogP) is 13.0. The van der Waals surface area contributed by atoms with Crippen molar-refractivity contribution in [1.29, 1.82) is 0 Å². The van der Waals surface area contributed by atoms with Crippen molar-refractivity contribution in [3.63, 3.8) is 0 Å². The van der Waals surface area contributed by atoms with E-state index in [0.717, 1.165) is 55.8 Å². The summed E-state index contributed by atoms with van der Waals surface area (Å²) in [5, 5.41) is 5.77. The zero-order chi connectivity index (χ0) is 42.1. The van der Waals surface area contributed by atoms with Crippen LogP contribution in [0.4, 0.5) is 9.59 Å². The molecule has 0 aromatic heterocycles. The van der Waals surface area contributed by atoms with Crippen molar-refractivity contribution in [3.8, 4) is 0 Å². The van der Waals surface area contributed by atoms with Gasteiger partial charge >= 0.3 is 18.2 Å². The molecule has 2 fully saturated rings. The van der Waals surface area contributed by atoms with E-state index >= 15 is 0 Å². The van der Waals surface area contributed by atoms with Gasteiger partial charge < -0.3 is 29.6 Å². The highest BCUT2D eigenvalue weighted by Crippen LogP contribution is 2.48. The van der Waals surface area contributed by atoms with E-state index in [-0.39, 0.29) is 24.7 Å². The molecule has 1 saturated carbocycles. The van der Waals surface area contributed by atoms with Crippen molar-refractivity contribution in [1.82, 2.24) is 10.6 Å². The minimum absolute atomic E-state index is 0.0331. The SMILES string of the molecule is C=C(C)C(=O)OCCOC(=O)NCCCCCCCCC1CCC(CCCCCC)C(CCCCCCCC)C1CCCCCCCNC(=O)OCC1(CC)COC1. The summed E-state index contributed by atoms with van der Waals surface area (Å²) in [4.78, 5) is 35.5. The Bertz CT molecular complexity index is 1070. The van der Waals surface area contributed by atoms with Crippen LogP contribution in [0.1, 0.15) is 207 Å². The fraction of sp³-hybridized carbons (Fsp3) is 0.898. The van der Waals surface area contributed by atoms with E-state index in [2.05, 4.69) is 38.0 Å². The molecule has 9 heteroatoms. The quantitative estimate of drug-likeness (QED) is 0.0280. The summed E-state index contributed by atoms with van der Waals surface area (Å²) < 4.78 is 20.9. The fourth-order valence-corrected chi connectivity index (χ4v) is 9.31. The number of alkyl carbamates (subject to hydrolysis) is 2. The van der Waals surface area contributed by atoms with Crippen LogP contribution in [0.5, 0.6) is 0 Å². The summed E-state index contributed by atoms with van der Waals surface area (Å²) in [6.07, 6.45) is 35.9. The molecule has 4 unspecified atom stereocenters. The number of amides is 2. The maximum absolute atomic E-state index is 12.2. The van der Waals surface area contributed by atoms with Crippen molar-refractivity contribution >= 4 is 18.2 Å². The van der Waals surface area contributed by atoms with Crippen molar-refractivity contribution in [2.45, 2.75) is 207 Å². The number of carbonyl (C=O) groups excluding carboxylic acids is 3. The molecule has 338 valence electrons. The molecule has 2 N–H and O–H groups in total. The predicted molar refractivity (Wildman–Crippen MR) is 238 cm³/mol. The molecule has 0 bridgehead atoms. The standard InChI is InChI=1S/C49H90N2O7/c1-6-9-11-13-18-24-30-44-42(28-22-12-10-7-2)32-33-43(29-23-17-14-15-20-26-34-50-47(53)57-37-36-56-46(52)41(4)5)45(44)31-25-19-16-21-27-35-51-48(54)58-40-49(8-3)38-55-39-49/h42-45H,4,6-40H2,1-3,5H3,(H,50,53)(H,51,54). The number of hydrogen-bond acceptors (Lipinski definition) is 7. The van der Waals surface area contributed by atoms with Gasteiger partial charge in [-0.25, -0.2) is 14.4 Å². The number of unbranched alkanes of at least 4 members (excludes halogenated alkanes) is 17. The van der Waals surface area contributed by atoms with Crippen LogP contribution in [0, 0.1) is 29.1 Å². The van der Waals surface area contributed by atoms with Crippen molar-refractivity contribution in [2.24, 2.45) is 29.1 Å². The summed E-state index contributed by atoms with van der Waals surface area (Å²) in [7, 11) is 0. The van der Waals surface area contributed by atoms with E-state index in [4.69, 9.17) is 18.9 Å². The monoisotopic (exact) mass is 819 g/mol. The van der Waals surface area contributed by atoms with Gasteiger partial charge in [-0.1, -0.05) is 162 Å². The van der Waals surface area contributed by atoms with E-state index in [1.54, 1.807) is 6.92 Å². The molecule has 2 aliphatic rings. The highest BCUT2D eigenvalue weighted by molar-refractivity contribution is 5.86.